The number of carbonyl (C=O) groups is 2. The van der Waals surface area contributed by atoms with Crippen molar-refractivity contribution in [2.75, 3.05) is 0 Å². The number of rotatable bonds is 5. The average molecular weight is 346 g/mol. The molecular weight excluding hydrogens is 316 g/mol. The lowest BCUT2D eigenvalue weighted by atomic mass is 9.82. The third-order valence-corrected chi connectivity index (χ3v) is 5.14. The summed E-state index contributed by atoms with van der Waals surface area (Å²) in [7, 11) is 0. The van der Waals surface area contributed by atoms with Crippen molar-refractivity contribution in [3.8, 4) is 0 Å². The van der Waals surface area contributed by atoms with E-state index in [1.165, 1.54) is 25.0 Å². The summed E-state index contributed by atoms with van der Waals surface area (Å²) in [6.45, 7) is 8.27. The molecule has 0 radical (unpaired) electrons. The van der Waals surface area contributed by atoms with Gasteiger partial charge < -0.3 is 10.6 Å². The van der Waals surface area contributed by atoms with Gasteiger partial charge in [-0.05, 0) is 31.1 Å². The summed E-state index contributed by atoms with van der Waals surface area (Å²) in [5, 5.41) is 5.99. The van der Waals surface area contributed by atoms with Gasteiger partial charge in [0.15, 0.2) is 0 Å². The average Bonchev–Trinajstić information content (AvgIpc) is 2.60. The van der Waals surface area contributed by atoms with Gasteiger partial charge in [0.1, 0.15) is 11.7 Å². The fourth-order valence-corrected chi connectivity index (χ4v) is 3.02. The molecule has 0 aromatic carbocycles. The van der Waals surface area contributed by atoms with Crippen molar-refractivity contribution < 1.29 is 9.59 Å². The molecular formula is C19H30N4O2. The number of nitrogens with zero attached hydrogens (tertiary/aromatic N) is 2. The molecule has 1 saturated carbocycles. The molecule has 2 atom stereocenters. The molecule has 138 valence electrons. The lowest BCUT2D eigenvalue weighted by Crippen LogP contribution is -2.55. The highest BCUT2D eigenvalue weighted by molar-refractivity contribution is 5.96. The largest absolute Gasteiger partial charge is 0.351 e. The molecule has 1 aromatic heterocycles. The zero-order chi connectivity index (χ0) is 18.4. The van der Waals surface area contributed by atoms with E-state index in [1.54, 1.807) is 0 Å². The van der Waals surface area contributed by atoms with Crippen LogP contribution in [0, 0.1) is 11.3 Å². The van der Waals surface area contributed by atoms with Gasteiger partial charge >= 0.3 is 0 Å². The van der Waals surface area contributed by atoms with E-state index in [2.05, 4.69) is 41.4 Å². The summed E-state index contributed by atoms with van der Waals surface area (Å²) in [4.78, 5) is 33.4. The smallest absolute Gasteiger partial charge is 0.272 e. The molecule has 0 aliphatic heterocycles. The number of nitrogens with one attached hydrogen (secondary N) is 2. The summed E-state index contributed by atoms with van der Waals surface area (Å²) >= 11 is 0. The topological polar surface area (TPSA) is 84.0 Å². The summed E-state index contributed by atoms with van der Waals surface area (Å²) in [6, 6.07) is -0.515. The van der Waals surface area contributed by atoms with Crippen molar-refractivity contribution in [1.82, 2.24) is 20.6 Å². The van der Waals surface area contributed by atoms with Crippen LogP contribution in [-0.2, 0) is 4.79 Å². The molecule has 1 aliphatic carbocycles. The number of aromatic nitrogens is 2. The molecule has 2 rings (SSSR count). The Bertz CT molecular complexity index is 577. The zero-order valence-corrected chi connectivity index (χ0v) is 15.7. The Kier molecular flexibility index (Phi) is 6.51. The third-order valence-electron chi connectivity index (χ3n) is 5.14. The minimum absolute atomic E-state index is 0.0134. The van der Waals surface area contributed by atoms with Crippen LogP contribution in [-0.4, -0.2) is 33.9 Å². The number of carbonyl (C=O) groups excluding carboxylic acids is 2. The highest BCUT2D eigenvalue weighted by Gasteiger charge is 2.33. The van der Waals surface area contributed by atoms with Gasteiger partial charge in [-0.1, -0.05) is 40.0 Å². The molecule has 25 heavy (non-hydrogen) atoms. The summed E-state index contributed by atoms with van der Waals surface area (Å²) in [5.74, 6) is -0.282. The quantitative estimate of drug-likeness (QED) is 0.858. The molecule has 2 N–H and O–H groups in total. The molecule has 1 aromatic rings. The SMILES string of the molecule is CC(NC(=O)[C@@H](NC(=O)c1cnccn1)C1CCCCC1)C(C)(C)C. The Labute approximate surface area is 150 Å². The van der Waals surface area contributed by atoms with Gasteiger partial charge in [0, 0.05) is 18.4 Å². The van der Waals surface area contributed by atoms with Gasteiger partial charge in [-0.15, -0.1) is 0 Å². The Morgan fingerprint density at radius 3 is 2.36 bits per heavy atom. The molecule has 1 unspecified atom stereocenters. The first-order valence-corrected chi connectivity index (χ1v) is 9.16. The van der Waals surface area contributed by atoms with Crippen LogP contribution in [0.1, 0.15) is 70.3 Å². The van der Waals surface area contributed by atoms with Gasteiger partial charge in [-0.2, -0.15) is 0 Å². The predicted octanol–water partition coefficient (Wildman–Crippen LogP) is 2.71. The van der Waals surface area contributed by atoms with Crippen LogP contribution in [0.25, 0.3) is 0 Å². The summed E-state index contributed by atoms with van der Waals surface area (Å²) < 4.78 is 0. The van der Waals surface area contributed by atoms with Crippen LogP contribution in [0.5, 0.6) is 0 Å². The molecule has 1 aliphatic rings. The van der Waals surface area contributed by atoms with Crippen LogP contribution >= 0.6 is 0 Å². The van der Waals surface area contributed by atoms with Gasteiger partial charge in [-0.25, -0.2) is 4.98 Å². The molecule has 6 heteroatoms. The molecule has 0 saturated heterocycles. The summed E-state index contributed by atoms with van der Waals surface area (Å²) in [5.41, 5.74) is 0.196. The molecule has 0 bridgehead atoms. The lowest BCUT2D eigenvalue weighted by molar-refractivity contribution is -0.125. The van der Waals surface area contributed by atoms with Crippen molar-refractivity contribution in [2.24, 2.45) is 11.3 Å². The highest BCUT2D eigenvalue weighted by atomic mass is 16.2. The van der Waals surface area contributed by atoms with E-state index in [4.69, 9.17) is 0 Å². The van der Waals surface area contributed by atoms with E-state index < -0.39 is 6.04 Å². The first-order chi connectivity index (χ1) is 11.8. The second kappa shape index (κ2) is 8.41. The van der Waals surface area contributed by atoms with E-state index in [0.29, 0.717) is 0 Å². The fourth-order valence-electron chi connectivity index (χ4n) is 3.02. The van der Waals surface area contributed by atoms with Crippen molar-refractivity contribution in [3.05, 3.63) is 24.3 Å². The van der Waals surface area contributed by atoms with Gasteiger partial charge in [0.25, 0.3) is 5.91 Å². The van der Waals surface area contributed by atoms with Crippen molar-refractivity contribution in [2.45, 2.75) is 71.9 Å². The second-order valence-electron chi connectivity index (χ2n) is 8.04. The highest BCUT2D eigenvalue weighted by Crippen LogP contribution is 2.27. The van der Waals surface area contributed by atoms with E-state index in [1.807, 2.05) is 6.92 Å². The monoisotopic (exact) mass is 346 g/mol. The maximum absolute atomic E-state index is 12.9. The van der Waals surface area contributed by atoms with Gasteiger partial charge in [0.2, 0.25) is 5.91 Å². The van der Waals surface area contributed by atoms with Crippen LogP contribution in [0.15, 0.2) is 18.6 Å². The standard InChI is InChI=1S/C19H30N4O2/c1-13(19(2,3)4)22-18(25)16(14-8-6-5-7-9-14)23-17(24)15-12-20-10-11-21-15/h10-14,16H,5-9H2,1-4H3,(H,22,25)(H,23,24)/t13?,16-/m0/s1. The maximum Gasteiger partial charge on any atom is 0.272 e. The third kappa shape index (κ3) is 5.51. The van der Waals surface area contributed by atoms with Crippen LogP contribution in [0.3, 0.4) is 0 Å². The number of hydrogen-bond donors (Lipinski definition) is 2. The van der Waals surface area contributed by atoms with Crippen molar-refractivity contribution in [3.63, 3.8) is 0 Å². The Balaban J connectivity index is 2.12. The van der Waals surface area contributed by atoms with Crippen molar-refractivity contribution in [1.29, 1.82) is 0 Å². The first kappa shape index (κ1) is 19.3. The van der Waals surface area contributed by atoms with Crippen LogP contribution in [0.4, 0.5) is 0 Å². The molecule has 6 nitrogen and oxygen atoms in total. The molecule has 0 spiro atoms. The van der Waals surface area contributed by atoms with E-state index in [-0.39, 0.29) is 34.9 Å². The second-order valence-corrected chi connectivity index (χ2v) is 8.04. The predicted molar refractivity (Wildman–Crippen MR) is 96.9 cm³/mol. The number of hydrogen-bond acceptors (Lipinski definition) is 4. The Morgan fingerprint density at radius 2 is 1.80 bits per heavy atom. The molecule has 1 fully saturated rings. The Morgan fingerprint density at radius 1 is 1.12 bits per heavy atom. The van der Waals surface area contributed by atoms with Crippen LogP contribution in [0.2, 0.25) is 0 Å². The van der Waals surface area contributed by atoms with Gasteiger partial charge in [0.05, 0.1) is 6.20 Å². The fraction of sp³-hybridized carbons (Fsp3) is 0.684. The Hall–Kier alpha value is -1.98. The lowest BCUT2D eigenvalue weighted by Gasteiger charge is -2.33. The zero-order valence-electron chi connectivity index (χ0n) is 15.7. The molecule has 2 amide bonds. The normalized spacial score (nSPS) is 18.2. The van der Waals surface area contributed by atoms with Gasteiger partial charge in [-0.3, -0.25) is 14.6 Å². The van der Waals surface area contributed by atoms with E-state index in [0.717, 1.165) is 25.7 Å². The minimum atomic E-state index is -0.528. The van der Waals surface area contributed by atoms with E-state index in [9.17, 15) is 9.59 Å². The summed E-state index contributed by atoms with van der Waals surface area (Å²) in [6.07, 6.45) is 9.74. The molecule has 1 heterocycles. The van der Waals surface area contributed by atoms with Crippen molar-refractivity contribution >= 4 is 11.8 Å². The number of amides is 2. The first-order valence-electron chi connectivity index (χ1n) is 9.16. The maximum atomic E-state index is 12.9. The van der Waals surface area contributed by atoms with Crippen LogP contribution < -0.4 is 10.6 Å². The minimum Gasteiger partial charge on any atom is -0.351 e. The van der Waals surface area contributed by atoms with E-state index >= 15 is 0 Å².